The average Bonchev–Trinajstić information content (AvgIpc) is 1.15. The molecule has 0 spiro atoms. The number of nitrogens with zero attached hydrogens (tertiary/aromatic N) is 14. The summed E-state index contributed by atoms with van der Waals surface area (Å²) in [6.07, 6.45) is 17.2. The molecule has 12 saturated heterocycles. The minimum atomic E-state index is -0.578. The van der Waals surface area contributed by atoms with Crippen LogP contribution in [0.5, 0.6) is 0 Å². The Morgan fingerprint density at radius 2 is 0.738 bits per heavy atom. The summed E-state index contributed by atoms with van der Waals surface area (Å²) in [4.78, 5) is 241. The molecule has 3 aromatic rings. The van der Waals surface area contributed by atoms with E-state index in [0.29, 0.717) is 145 Å². The number of piperidine rings is 10. The maximum absolute atomic E-state index is 12.6. The van der Waals surface area contributed by atoms with E-state index in [-0.39, 0.29) is 199 Å². The quantitative estimate of drug-likeness (QED) is 0.0688. The molecule has 38 heteroatoms. The molecule has 0 aliphatic carbocycles. The van der Waals surface area contributed by atoms with Crippen molar-refractivity contribution in [1.29, 1.82) is 0 Å². The average molecular weight is 1820 g/mol. The van der Waals surface area contributed by atoms with E-state index in [4.69, 9.17) is 0 Å². The van der Waals surface area contributed by atoms with Crippen LogP contribution in [0.4, 0.5) is 9.59 Å². The Bertz CT molecular complexity index is 4620. The van der Waals surface area contributed by atoms with Crippen LogP contribution in [-0.4, -0.2) is 327 Å². The number of aromatic amines is 4. The molecule has 0 bridgehead atoms. The lowest BCUT2D eigenvalue weighted by Crippen LogP contribution is -2.58. The fourth-order valence-corrected chi connectivity index (χ4v) is 19.8. The maximum Gasteiger partial charge on any atom is 0.325 e. The van der Waals surface area contributed by atoms with Crippen molar-refractivity contribution in [3.63, 3.8) is 0 Å². The van der Waals surface area contributed by atoms with Gasteiger partial charge in [-0.25, -0.2) is 24.6 Å². The number of hydrogen-bond acceptors (Lipinski definition) is 20. The lowest BCUT2D eigenvalue weighted by atomic mass is 9.83. The highest BCUT2D eigenvalue weighted by atomic mass is 16.2. The Kier molecular flexibility index (Phi) is 41.3. The molecule has 0 radical (unpaired) electrons. The van der Waals surface area contributed by atoms with Crippen molar-refractivity contribution in [2.24, 2.45) is 47.3 Å². The predicted molar refractivity (Wildman–Crippen MR) is 490 cm³/mol. The van der Waals surface area contributed by atoms with Gasteiger partial charge in [-0.2, -0.15) is 10.2 Å². The summed E-state index contributed by atoms with van der Waals surface area (Å²) in [5, 5.41) is 16.6. The van der Waals surface area contributed by atoms with Crippen molar-refractivity contribution in [3.8, 4) is 0 Å². The van der Waals surface area contributed by atoms with Crippen LogP contribution in [0.2, 0.25) is 0 Å². The molecule has 0 unspecified atom stereocenters. The van der Waals surface area contributed by atoms with Crippen molar-refractivity contribution in [2.45, 2.75) is 258 Å². The van der Waals surface area contributed by atoms with E-state index in [1.54, 1.807) is 24.5 Å². The van der Waals surface area contributed by atoms with Crippen LogP contribution < -0.4 is 33.0 Å². The largest absolute Gasteiger partial charge is 0.342 e. The molecule has 6 N–H and O–H groups in total. The van der Waals surface area contributed by atoms with Crippen molar-refractivity contribution < 1.29 is 67.1 Å². The highest BCUT2D eigenvalue weighted by Gasteiger charge is 2.47. The van der Waals surface area contributed by atoms with E-state index in [0.717, 1.165) is 129 Å². The Morgan fingerprint density at radius 1 is 0.400 bits per heavy atom. The molecule has 16 amide bonds. The molecule has 12 aliphatic rings. The van der Waals surface area contributed by atoms with Crippen LogP contribution in [0.15, 0.2) is 49.6 Å². The van der Waals surface area contributed by atoms with Crippen molar-refractivity contribution in [2.75, 3.05) is 124 Å². The molecule has 12 aliphatic heterocycles. The molecule has 38 nitrogen and oxygen atoms in total. The van der Waals surface area contributed by atoms with E-state index >= 15 is 0 Å². The topological polar surface area (TPSA) is 459 Å². The fourth-order valence-electron chi connectivity index (χ4n) is 19.8. The van der Waals surface area contributed by atoms with Gasteiger partial charge in [-0.3, -0.25) is 87.5 Å². The number of unbranched alkanes of at least 4 members (excludes halogenated alkanes) is 1. The van der Waals surface area contributed by atoms with E-state index in [1.807, 2.05) is 24.5 Å². The first-order valence-electron chi connectivity index (χ1n) is 45.2. The summed E-state index contributed by atoms with van der Waals surface area (Å²) >= 11 is 0. The van der Waals surface area contributed by atoms with Crippen molar-refractivity contribution >= 4 is 82.9 Å². The third-order valence-corrected chi connectivity index (χ3v) is 26.4. The first-order chi connectivity index (χ1) is 59.7. The number of rotatable bonds is 21. The van der Waals surface area contributed by atoms with Crippen LogP contribution in [0.25, 0.3) is 0 Å². The summed E-state index contributed by atoms with van der Waals surface area (Å²) in [6.45, 7) is 27.0. The van der Waals surface area contributed by atoms with Crippen LogP contribution >= 0.6 is 0 Å². The van der Waals surface area contributed by atoms with Gasteiger partial charge in [-0.15, -0.1) is 0 Å². The van der Waals surface area contributed by atoms with Gasteiger partial charge in [0.15, 0.2) is 0 Å². The number of aromatic nitrogens is 6. The zero-order valence-electron chi connectivity index (χ0n) is 73.8. The smallest absolute Gasteiger partial charge is 0.325 e. The molecule has 15 rings (SSSR count). The summed E-state index contributed by atoms with van der Waals surface area (Å²) < 4.78 is 0. The number of likely N-dealkylation sites (tertiary alicyclic amines) is 10. The summed E-state index contributed by atoms with van der Waals surface area (Å²) in [5.74, 6) is 2.88. The van der Waals surface area contributed by atoms with Crippen LogP contribution in [0, 0.1) is 47.3 Å². The number of fused-ring (bicyclic) bond motifs is 5. The number of urea groups is 2. The monoisotopic (exact) mass is 1820 g/mol. The fraction of sp³-hybridized carbons (Fsp3) is 0.717. The third kappa shape index (κ3) is 28.0. The highest BCUT2D eigenvalue weighted by Crippen LogP contribution is 2.38. The number of H-pyrrole nitrogens is 4. The van der Waals surface area contributed by atoms with E-state index in [1.165, 1.54) is 40.3 Å². The van der Waals surface area contributed by atoms with Gasteiger partial charge in [-0.1, -0.05) is 98.9 Å². The van der Waals surface area contributed by atoms with E-state index in [9.17, 15) is 86.3 Å². The number of carbonyl (C=O) groups excluding carboxylic acids is 14. The van der Waals surface area contributed by atoms with E-state index < -0.39 is 23.3 Å². The van der Waals surface area contributed by atoms with Gasteiger partial charge in [0, 0.05) is 184 Å². The van der Waals surface area contributed by atoms with Gasteiger partial charge in [-0.05, 0) is 149 Å². The number of nitrogens with one attached hydrogen (secondary N) is 6. The van der Waals surface area contributed by atoms with Gasteiger partial charge < -0.3 is 63.8 Å². The number of imide groups is 2. The molecule has 10 atom stereocenters. The lowest BCUT2D eigenvalue weighted by Gasteiger charge is -2.47. The van der Waals surface area contributed by atoms with Crippen molar-refractivity contribution in [3.05, 3.63) is 89.0 Å². The second-order valence-electron chi connectivity index (χ2n) is 36.6. The first kappa shape index (κ1) is 108. The van der Waals surface area contributed by atoms with E-state index in [2.05, 4.69) is 96.4 Å². The van der Waals surface area contributed by atoms with Crippen LogP contribution in [-0.2, 0) is 54.4 Å². The standard InChI is InChI=1S/C19H28N4O4.C18H26N4O3.C17H26N4O4.C17H24N4O3.C16H24N4O4.5CH4/c1-12(2)5-8-23-15-6-7-22(11-13(15)3-4-16(23)24)17(25)9-14-10-20-19(27)21-18(14)26;1-12(2)7-10-22-15-8-9-21(11-13(15)3-6-17(22)24)18(25)14-4-5-16(23)20-19-14;1-11(2)7-21-13-5-6-19(8-12(13)3-4-15(21)23)16(24)10-20-9-14(22)18-17(20)25;1-2-3-9-21-14-8-10-20(11-12(14)4-7-16(21)23)17(24)13-5-6-15(22)19-18-13;1-2-6-20-12-5-7-18(8-11(12)3-4-14(20)22)15(23)10-19-9-13(21)17-16(19)24;;;;;/h10,12-13,15H,3-9,11H2,1-2H3,(H2,20,21,26,27);4-5,12-13,15H,3,6-11H2,1-2H3,(H,20,23);11-13H,3-10H2,1-2H3,(H,18,22,25);5-6,12,14H,2-4,7-11H2,1H3,(H,19,22);11-12H,2-10H2,1H3,(H,17,21,24);5*1H4/t2*13-,15+;12-,13+;12-,14+;11-,12+;;;;;/m01111...../s1. The molecule has 12 fully saturated rings. The first-order valence-corrected chi connectivity index (χ1v) is 45.2. The Labute approximate surface area is 764 Å². The zero-order valence-corrected chi connectivity index (χ0v) is 73.8. The van der Waals surface area contributed by atoms with Gasteiger partial charge in [0.2, 0.25) is 59.1 Å². The van der Waals surface area contributed by atoms with Gasteiger partial charge in [0.1, 0.15) is 37.6 Å². The molecule has 0 aromatic carbocycles. The van der Waals surface area contributed by atoms with Gasteiger partial charge >= 0.3 is 17.8 Å². The highest BCUT2D eigenvalue weighted by molar-refractivity contribution is 6.04. The van der Waals surface area contributed by atoms with Gasteiger partial charge in [0.05, 0.1) is 6.42 Å². The SMILES string of the molecule is C.C.C.C.C.CC(C)CCN1C(=O)CC[C@@H]2CN(C(=O)c3ccc(=O)[nH]n3)CC[C@@H]21.CC(C)CCN1C(=O)CC[C@H]2CN(C(=O)Cc3c[nH]c(=O)[nH]c3=O)CC[C@H]21.CC(C)CN1C(=O)CC[C@@H]2CN(C(=O)CN3CC(=O)NC3=O)CC[C@@H]21.CCCCN1C(=O)CC[C@@H]2CN(C(=O)c3ccc(=O)[nH]n3)CC[C@@H]21.CCCN1C(=O)CC[C@@H]2CN(C(=O)CN3CC(=O)NC3=O)CC[C@@H]21. The Hall–Kier alpha value is -11.0. The minimum absolute atomic E-state index is 0. The normalized spacial score (nSPS) is 24.0. The molecule has 0 saturated carbocycles. The Morgan fingerprint density at radius 3 is 1.06 bits per heavy atom. The number of hydrogen-bond donors (Lipinski definition) is 6. The second-order valence-corrected chi connectivity index (χ2v) is 36.6. The molecule has 724 valence electrons. The number of carbonyl (C=O) groups is 14. The lowest BCUT2D eigenvalue weighted by molar-refractivity contribution is -0.146. The minimum Gasteiger partial charge on any atom is -0.342 e. The molecular formula is C92H148N20O18. The third-order valence-electron chi connectivity index (χ3n) is 26.4. The Balaban J connectivity index is 0.000000248. The summed E-state index contributed by atoms with van der Waals surface area (Å²) in [7, 11) is 0. The molecule has 15 heterocycles. The summed E-state index contributed by atoms with van der Waals surface area (Å²) in [5.41, 5.74) is -0.941. The molecule has 130 heavy (non-hydrogen) atoms. The molecular weight excluding hydrogens is 1670 g/mol. The maximum atomic E-state index is 12.6. The summed E-state index contributed by atoms with van der Waals surface area (Å²) in [6, 6.07) is 5.72. The van der Waals surface area contributed by atoms with Gasteiger partial charge in [0.25, 0.3) is 28.5 Å². The van der Waals surface area contributed by atoms with Crippen LogP contribution in [0.3, 0.4) is 0 Å². The number of amides is 16. The zero-order chi connectivity index (χ0) is 90.0. The predicted octanol–water partition coefficient (Wildman–Crippen LogP) is 5.79. The molecule has 3 aromatic heterocycles. The second kappa shape index (κ2) is 49.9. The van der Waals surface area contributed by atoms with Crippen molar-refractivity contribution in [1.82, 2.24) is 99.8 Å². The van der Waals surface area contributed by atoms with Crippen LogP contribution in [0.1, 0.15) is 247 Å².